The predicted molar refractivity (Wildman–Crippen MR) is 65.4 cm³/mol. The lowest BCUT2D eigenvalue weighted by Crippen LogP contribution is -1.99. The van der Waals surface area contributed by atoms with E-state index in [1.807, 2.05) is 22.9 Å². The van der Waals surface area contributed by atoms with Crippen LogP contribution < -0.4 is 0 Å². The molecular formula is C11H15N3OS. The highest BCUT2D eigenvalue weighted by atomic mass is 32.2. The molecule has 2 rings (SSSR count). The molecule has 4 nitrogen and oxygen atoms in total. The number of aliphatic hydroxyl groups is 1. The van der Waals surface area contributed by atoms with E-state index >= 15 is 0 Å². The molecule has 0 bridgehead atoms. The van der Waals surface area contributed by atoms with Gasteiger partial charge < -0.3 is 5.11 Å². The van der Waals surface area contributed by atoms with Crippen LogP contribution in [0.25, 0.3) is 5.78 Å². The van der Waals surface area contributed by atoms with Crippen molar-refractivity contribution in [2.45, 2.75) is 24.3 Å². The number of imidazole rings is 1. The standard InChI is InChI=1S/C11H15N3OS/c1-9(3-6-15)16-8-10-7-14-5-2-4-12-11(14)13-10/h2,4-5,7,9,15H,3,6,8H2,1H3. The minimum atomic E-state index is 0.251. The largest absolute Gasteiger partial charge is 0.396 e. The molecule has 1 N–H and O–H groups in total. The van der Waals surface area contributed by atoms with Gasteiger partial charge in [0.2, 0.25) is 5.78 Å². The molecule has 0 saturated heterocycles. The molecule has 16 heavy (non-hydrogen) atoms. The summed E-state index contributed by atoms with van der Waals surface area (Å²) in [5.41, 5.74) is 1.04. The molecule has 0 saturated carbocycles. The van der Waals surface area contributed by atoms with Crippen LogP contribution in [0.5, 0.6) is 0 Å². The Labute approximate surface area is 98.7 Å². The first kappa shape index (κ1) is 11.4. The Morgan fingerprint density at radius 2 is 2.44 bits per heavy atom. The van der Waals surface area contributed by atoms with Crippen molar-refractivity contribution in [2.75, 3.05) is 6.61 Å². The van der Waals surface area contributed by atoms with Crippen LogP contribution in [0.3, 0.4) is 0 Å². The molecule has 0 fully saturated rings. The van der Waals surface area contributed by atoms with Crippen LogP contribution in [-0.4, -0.2) is 31.3 Å². The average Bonchev–Trinajstić information content (AvgIpc) is 2.69. The molecule has 0 aliphatic rings. The van der Waals surface area contributed by atoms with E-state index < -0.39 is 0 Å². The number of rotatable bonds is 5. The van der Waals surface area contributed by atoms with E-state index in [1.54, 1.807) is 18.0 Å². The maximum atomic E-state index is 8.81. The van der Waals surface area contributed by atoms with E-state index in [9.17, 15) is 0 Å². The number of aromatic nitrogens is 3. The van der Waals surface area contributed by atoms with E-state index in [0.717, 1.165) is 23.6 Å². The van der Waals surface area contributed by atoms with Crippen molar-refractivity contribution in [1.29, 1.82) is 0 Å². The Kier molecular flexibility index (Phi) is 3.79. The SMILES string of the molecule is CC(CCO)SCc1cn2cccnc2n1. The van der Waals surface area contributed by atoms with Gasteiger partial charge in [-0.2, -0.15) is 11.8 Å². The zero-order valence-electron chi connectivity index (χ0n) is 9.21. The van der Waals surface area contributed by atoms with Crippen molar-refractivity contribution in [2.24, 2.45) is 0 Å². The van der Waals surface area contributed by atoms with Crippen LogP contribution in [0.2, 0.25) is 0 Å². The highest BCUT2D eigenvalue weighted by Crippen LogP contribution is 2.19. The molecule has 86 valence electrons. The Balaban J connectivity index is 1.99. The molecule has 1 unspecified atom stereocenters. The van der Waals surface area contributed by atoms with Gasteiger partial charge in [-0.05, 0) is 12.5 Å². The summed E-state index contributed by atoms with van der Waals surface area (Å²) in [7, 11) is 0. The van der Waals surface area contributed by atoms with Crippen molar-refractivity contribution in [3.8, 4) is 0 Å². The Bertz CT molecular complexity index is 424. The molecule has 0 aromatic carbocycles. The van der Waals surface area contributed by atoms with Gasteiger partial charge in [0.1, 0.15) is 0 Å². The fraction of sp³-hybridized carbons (Fsp3) is 0.455. The van der Waals surface area contributed by atoms with Crippen LogP contribution in [-0.2, 0) is 5.75 Å². The summed E-state index contributed by atoms with van der Waals surface area (Å²) in [4.78, 5) is 8.58. The van der Waals surface area contributed by atoms with Gasteiger partial charge in [0.25, 0.3) is 0 Å². The lowest BCUT2D eigenvalue weighted by Gasteiger charge is -2.06. The summed E-state index contributed by atoms with van der Waals surface area (Å²) in [5, 5.41) is 9.27. The molecule has 0 amide bonds. The van der Waals surface area contributed by atoms with Gasteiger partial charge in [-0.1, -0.05) is 6.92 Å². The summed E-state index contributed by atoms with van der Waals surface area (Å²) >= 11 is 1.81. The van der Waals surface area contributed by atoms with E-state index in [4.69, 9.17) is 5.11 Å². The van der Waals surface area contributed by atoms with E-state index in [1.165, 1.54) is 0 Å². The Hall–Kier alpha value is -1.07. The van der Waals surface area contributed by atoms with Crippen LogP contribution in [0.15, 0.2) is 24.7 Å². The van der Waals surface area contributed by atoms with Crippen LogP contribution >= 0.6 is 11.8 Å². The van der Waals surface area contributed by atoms with Gasteiger partial charge in [-0.25, -0.2) is 9.97 Å². The molecule has 0 radical (unpaired) electrons. The van der Waals surface area contributed by atoms with Crippen LogP contribution in [0.4, 0.5) is 0 Å². The van der Waals surface area contributed by atoms with E-state index in [2.05, 4.69) is 16.9 Å². The molecule has 0 spiro atoms. The summed E-state index contributed by atoms with van der Waals surface area (Å²) in [6.45, 7) is 2.37. The first-order valence-electron chi connectivity index (χ1n) is 5.30. The van der Waals surface area contributed by atoms with Gasteiger partial charge in [0.05, 0.1) is 5.69 Å². The fourth-order valence-electron chi connectivity index (χ4n) is 1.44. The molecular weight excluding hydrogens is 222 g/mol. The molecule has 1 atom stereocenters. The Morgan fingerprint density at radius 1 is 1.56 bits per heavy atom. The van der Waals surface area contributed by atoms with Crippen molar-refractivity contribution in [3.63, 3.8) is 0 Å². The molecule has 0 aliphatic carbocycles. The first-order chi connectivity index (χ1) is 7.79. The third-order valence-electron chi connectivity index (χ3n) is 2.34. The van der Waals surface area contributed by atoms with Crippen molar-refractivity contribution in [3.05, 3.63) is 30.4 Å². The molecule has 2 aromatic rings. The predicted octanol–water partition coefficient (Wildman–Crippen LogP) is 1.73. The zero-order valence-corrected chi connectivity index (χ0v) is 10.0. The van der Waals surface area contributed by atoms with Gasteiger partial charge in [0.15, 0.2) is 0 Å². The third kappa shape index (κ3) is 2.74. The van der Waals surface area contributed by atoms with Crippen molar-refractivity contribution in [1.82, 2.24) is 14.4 Å². The maximum Gasteiger partial charge on any atom is 0.233 e. The number of nitrogens with zero attached hydrogens (tertiary/aromatic N) is 3. The maximum absolute atomic E-state index is 8.81. The van der Waals surface area contributed by atoms with E-state index in [0.29, 0.717) is 5.25 Å². The molecule has 0 aliphatic heterocycles. The quantitative estimate of drug-likeness (QED) is 0.860. The topological polar surface area (TPSA) is 50.4 Å². The number of thioether (sulfide) groups is 1. The van der Waals surface area contributed by atoms with Gasteiger partial charge >= 0.3 is 0 Å². The number of fused-ring (bicyclic) bond motifs is 1. The number of hydrogen-bond acceptors (Lipinski definition) is 4. The fourth-order valence-corrected chi connectivity index (χ4v) is 2.31. The summed E-state index contributed by atoms with van der Waals surface area (Å²) in [5.74, 6) is 1.61. The zero-order chi connectivity index (χ0) is 11.4. The lowest BCUT2D eigenvalue weighted by molar-refractivity contribution is 0.289. The highest BCUT2D eigenvalue weighted by molar-refractivity contribution is 7.99. The first-order valence-corrected chi connectivity index (χ1v) is 6.35. The Morgan fingerprint density at radius 3 is 3.19 bits per heavy atom. The monoisotopic (exact) mass is 237 g/mol. The second-order valence-corrected chi connectivity index (χ2v) is 5.12. The summed E-state index contributed by atoms with van der Waals surface area (Å²) in [6, 6.07) is 1.89. The highest BCUT2D eigenvalue weighted by Gasteiger charge is 2.05. The van der Waals surface area contributed by atoms with Crippen molar-refractivity contribution < 1.29 is 5.11 Å². The third-order valence-corrected chi connectivity index (χ3v) is 3.60. The lowest BCUT2D eigenvalue weighted by atomic mass is 10.3. The number of aliphatic hydroxyl groups excluding tert-OH is 1. The van der Waals surface area contributed by atoms with Crippen molar-refractivity contribution >= 4 is 17.5 Å². The average molecular weight is 237 g/mol. The second-order valence-electron chi connectivity index (χ2n) is 3.69. The summed E-state index contributed by atoms with van der Waals surface area (Å²) in [6.07, 6.45) is 6.52. The second kappa shape index (κ2) is 5.32. The molecule has 5 heteroatoms. The van der Waals surface area contributed by atoms with Gasteiger partial charge in [-0.3, -0.25) is 4.40 Å². The minimum Gasteiger partial charge on any atom is -0.396 e. The van der Waals surface area contributed by atoms with Crippen LogP contribution in [0.1, 0.15) is 19.0 Å². The molecule has 2 heterocycles. The normalized spacial score (nSPS) is 13.1. The molecule has 2 aromatic heterocycles. The smallest absolute Gasteiger partial charge is 0.233 e. The van der Waals surface area contributed by atoms with Gasteiger partial charge in [-0.15, -0.1) is 0 Å². The van der Waals surface area contributed by atoms with Gasteiger partial charge in [0, 0.05) is 36.2 Å². The number of hydrogen-bond donors (Lipinski definition) is 1. The summed E-state index contributed by atoms with van der Waals surface area (Å²) < 4.78 is 1.92. The van der Waals surface area contributed by atoms with Crippen LogP contribution in [0, 0.1) is 0 Å². The minimum absolute atomic E-state index is 0.251. The van der Waals surface area contributed by atoms with E-state index in [-0.39, 0.29) is 6.61 Å².